The lowest BCUT2D eigenvalue weighted by Gasteiger charge is -2.54. The van der Waals surface area contributed by atoms with E-state index in [1.165, 1.54) is 12.0 Å². The van der Waals surface area contributed by atoms with Gasteiger partial charge in [0.05, 0.1) is 32.6 Å². The predicted molar refractivity (Wildman–Crippen MR) is 148 cm³/mol. The van der Waals surface area contributed by atoms with Crippen LogP contribution in [0.15, 0.2) is 54.6 Å². The Labute approximate surface area is 228 Å². The number of nitrogens with one attached hydrogen (secondary N) is 2. The van der Waals surface area contributed by atoms with Crippen molar-refractivity contribution in [2.24, 2.45) is 5.92 Å². The fourth-order valence-electron chi connectivity index (χ4n) is 5.54. The SMILES string of the molecule is CCOc1cccc2c1O[C@@]1(C)[C@@H](C(=O)Nc3ccc(C)cc3C)[C@H]2NC(=O)N1c1ccc(OC)cc1OC. The summed E-state index contributed by atoms with van der Waals surface area (Å²) in [7, 11) is 3.07. The first-order valence-electron chi connectivity index (χ1n) is 12.9. The van der Waals surface area contributed by atoms with Crippen LogP contribution >= 0.6 is 0 Å². The molecule has 9 nitrogen and oxygen atoms in total. The molecule has 9 heteroatoms. The number of aryl methyl sites for hydroxylation is 2. The lowest BCUT2D eigenvalue weighted by Crippen LogP contribution is -2.72. The maximum Gasteiger partial charge on any atom is 0.325 e. The molecular formula is C30H33N3O6. The van der Waals surface area contributed by atoms with Gasteiger partial charge in [0.2, 0.25) is 11.6 Å². The minimum absolute atomic E-state index is 0.292. The van der Waals surface area contributed by atoms with E-state index in [0.29, 0.717) is 46.5 Å². The van der Waals surface area contributed by atoms with Crippen molar-refractivity contribution in [2.75, 3.05) is 31.0 Å². The van der Waals surface area contributed by atoms with Crippen molar-refractivity contribution in [2.45, 2.75) is 39.5 Å². The summed E-state index contributed by atoms with van der Waals surface area (Å²) in [6.07, 6.45) is 0. The van der Waals surface area contributed by atoms with Crippen molar-refractivity contribution in [1.82, 2.24) is 5.32 Å². The maximum atomic E-state index is 14.1. The van der Waals surface area contributed by atoms with Gasteiger partial charge in [-0.1, -0.05) is 29.8 Å². The molecule has 3 aromatic carbocycles. The zero-order valence-electron chi connectivity index (χ0n) is 23.0. The van der Waals surface area contributed by atoms with Gasteiger partial charge in [0, 0.05) is 17.3 Å². The first-order chi connectivity index (χ1) is 18.7. The summed E-state index contributed by atoms with van der Waals surface area (Å²) in [6, 6.07) is 15.4. The van der Waals surface area contributed by atoms with Crippen LogP contribution in [0.5, 0.6) is 23.0 Å². The highest BCUT2D eigenvalue weighted by atomic mass is 16.6. The number of methoxy groups -OCH3 is 2. The molecule has 3 atom stereocenters. The van der Waals surface area contributed by atoms with Crippen LogP contribution in [0.25, 0.3) is 0 Å². The number of nitrogens with zero attached hydrogens (tertiary/aromatic N) is 1. The summed E-state index contributed by atoms with van der Waals surface area (Å²) in [4.78, 5) is 29.3. The average Bonchev–Trinajstić information content (AvgIpc) is 2.90. The number of amides is 3. The summed E-state index contributed by atoms with van der Waals surface area (Å²) in [5.74, 6) is 0.850. The number of anilines is 2. The third-order valence-corrected chi connectivity index (χ3v) is 7.34. The largest absolute Gasteiger partial charge is 0.497 e. The second kappa shape index (κ2) is 10.1. The van der Waals surface area contributed by atoms with Crippen molar-refractivity contribution >= 4 is 23.3 Å². The van der Waals surface area contributed by atoms with E-state index in [9.17, 15) is 9.59 Å². The van der Waals surface area contributed by atoms with E-state index in [1.54, 1.807) is 32.2 Å². The molecule has 5 rings (SSSR count). The third kappa shape index (κ3) is 4.37. The lowest BCUT2D eigenvalue weighted by atomic mass is 9.78. The van der Waals surface area contributed by atoms with E-state index in [1.807, 2.05) is 57.2 Å². The Morgan fingerprint density at radius 3 is 2.56 bits per heavy atom. The van der Waals surface area contributed by atoms with Crippen LogP contribution in [0, 0.1) is 19.8 Å². The van der Waals surface area contributed by atoms with Crippen molar-refractivity contribution in [1.29, 1.82) is 0 Å². The Morgan fingerprint density at radius 2 is 1.87 bits per heavy atom. The first kappa shape index (κ1) is 26.2. The Morgan fingerprint density at radius 1 is 1.08 bits per heavy atom. The number of para-hydroxylation sites is 1. The van der Waals surface area contributed by atoms with Crippen molar-refractivity contribution < 1.29 is 28.5 Å². The van der Waals surface area contributed by atoms with Gasteiger partial charge in [-0.25, -0.2) is 4.79 Å². The minimum atomic E-state index is -1.45. The van der Waals surface area contributed by atoms with E-state index in [2.05, 4.69) is 10.6 Å². The lowest BCUT2D eigenvalue weighted by molar-refractivity contribution is -0.131. The number of benzene rings is 3. The number of rotatable bonds is 7. The molecule has 204 valence electrons. The number of hydrogen-bond acceptors (Lipinski definition) is 6. The number of ether oxygens (including phenoxy) is 4. The zero-order chi connectivity index (χ0) is 27.9. The van der Waals surface area contributed by atoms with Crippen LogP contribution in [0.3, 0.4) is 0 Å². The topological polar surface area (TPSA) is 98.4 Å². The van der Waals surface area contributed by atoms with Crippen LogP contribution in [0.4, 0.5) is 16.2 Å². The van der Waals surface area contributed by atoms with Crippen molar-refractivity contribution in [3.8, 4) is 23.0 Å². The van der Waals surface area contributed by atoms with Crippen LogP contribution in [-0.2, 0) is 4.79 Å². The van der Waals surface area contributed by atoms with Crippen molar-refractivity contribution in [3.05, 3.63) is 71.3 Å². The Kier molecular flexibility index (Phi) is 6.76. The first-order valence-corrected chi connectivity index (χ1v) is 12.9. The molecule has 2 aliphatic heterocycles. The summed E-state index contributed by atoms with van der Waals surface area (Å²) in [5, 5.41) is 6.16. The number of carbonyl (C=O) groups is 2. The van der Waals surface area contributed by atoms with Crippen molar-refractivity contribution in [3.63, 3.8) is 0 Å². The van der Waals surface area contributed by atoms with Gasteiger partial charge in [-0.3, -0.25) is 9.69 Å². The molecule has 0 saturated carbocycles. The molecular weight excluding hydrogens is 498 g/mol. The zero-order valence-corrected chi connectivity index (χ0v) is 23.0. The molecule has 0 radical (unpaired) electrons. The Hall–Kier alpha value is -4.40. The van der Waals surface area contributed by atoms with E-state index in [0.717, 1.165) is 11.1 Å². The number of hydrogen-bond donors (Lipinski definition) is 2. The van der Waals surface area contributed by atoms with Crippen LogP contribution in [0.1, 0.15) is 36.6 Å². The van der Waals surface area contributed by atoms with E-state index in [4.69, 9.17) is 18.9 Å². The quantitative estimate of drug-likeness (QED) is 0.426. The highest BCUT2D eigenvalue weighted by Crippen LogP contribution is 2.53. The summed E-state index contributed by atoms with van der Waals surface area (Å²) in [6.45, 7) is 8.02. The third-order valence-electron chi connectivity index (χ3n) is 7.34. The molecule has 3 amide bonds. The van der Waals surface area contributed by atoms with Gasteiger partial charge >= 0.3 is 6.03 Å². The number of carbonyl (C=O) groups excluding carboxylic acids is 2. The minimum Gasteiger partial charge on any atom is -0.497 e. The van der Waals surface area contributed by atoms with E-state index >= 15 is 0 Å². The van der Waals surface area contributed by atoms with Gasteiger partial charge in [-0.15, -0.1) is 0 Å². The summed E-state index contributed by atoms with van der Waals surface area (Å²) < 4.78 is 23.6. The molecule has 0 aromatic heterocycles. The van der Waals surface area contributed by atoms with Gasteiger partial charge in [-0.2, -0.15) is 0 Å². The van der Waals surface area contributed by atoms with Gasteiger partial charge in [0.25, 0.3) is 0 Å². The smallest absolute Gasteiger partial charge is 0.325 e. The van der Waals surface area contributed by atoms with E-state index < -0.39 is 23.7 Å². The van der Waals surface area contributed by atoms with Gasteiger partial charge in [0.15, 0.2) is 11.5 Å². The molecule has 2 aliphatic rings. The molecule has 3 aromatic rings. The standard InChI is InChI=1S/C30H33N3O6/c1-7-38-23-10-8-9-20-26-25(28(34)31-21-13-11-17(2)15-18(21)3)30(4,39-27(20)23)33(29(35)32-26)22-14-12-19(36-5)16-24(22)37-6/h8-16,25-26H,7H2,1-6H3,(H,31,34)(H,32,35)/t25-,26+,30+/m1/s1. The monoisotopic (exact) mass is 531 g/mol. The fraction of sp³-hybridized carbons (Fsp3) is 0.333. The molecule has 39 heavy (non-hydrogen) atoms. The molecule has 0 aliphatic carbocycles. The Balaban J connectivity index is 1.67. The molecule has 2 bridgehead atoms. The molecule has 2 N–H and O–H groups in total. The molecule has 2 heterocycles. The van der Waals surface area contributed by atoms with E-state index in [-0.39, 0.29) is 5.91 Å². The van der Waals surface area contributed by atoms with Crippen LogP contribution < -0.4 is 34.5 Å². The normalized spacial score (nSPS) is 21.3. The predicted octanol–water partition coefficient (Wildman–Crippen LogP) is 5.35. The van der Waals surface area contributed by atoms with Crippen LogP contribution in [-0.4, -0.2) is 38.5 Å². The Bertz CT molecular complexity index is 1440. The molecule has 1 saturated heterocycles. The molecule has 1 fully saturated rings. The highest BCUT2D eigenvalue weighted by Gasteiger charge is 2.61. The number of urea groups is 1. The fourth-order valence-corrected chi connectivity index (χ4v) is 5.54. The second-order valence-corrected chi connectivity index (χ2v) is 9.85. The van der Waals surface area contributed by atoms with Gasteiger partial charge in [-0.05, 0) is 57.5 Å². The second-order valence-electron chi connectivity index (χ2n) is 9.85. The number of fused-ring (bicyclic) bond motifs is 4. The summed E-state index contributed by atoms with van der Waals surface area (Å²) >= 11 is 0. The van der Waals surface area contributed by atoms with Crippen LogP contribution in [0.2, 0.25) is 0 Å². The van der Waals surface area contributed by atoms with Gasteiger partial charge < -0.3 is 29.6 Å². The van der Waals surface area contributed by atoms with Gasteiger partial charge in [0.1, 0.15) is 17.4 Å². The molecule has 0 spiro atoms. The maximum absolute atomic E-state index is 14.1. The molecule has 0 unspecified atom stereocenters. The highest BCUT2D eigenvalue weighted by molar-refractivity contribution is 6.02. The average molecular weight is 532 g/mol. The summed E-state index contributed by atoms with van der Waals surface area (Å²) in [5.41, 5.74) is 2.39.